The topological polar surface area (TPSA) is 84.4 Å². The molecule has 7 nitrogen and oxygen atoms in total. The minimum atomic E-state index is -0.243. The molecule has 1 N–H and O–H groups in total. The molecule has 7 heteroatoms. The first-order valence-electron chi connectivity index (χ1n) is 10.1. The van der Waals surface area contributed by atoms with Crippen LogP contribution in [0.3, 0.4) is 0 Å². The Kier molecular flexibility index (Phi) is 5.47. The maximum Gasteiger partial charge on any atom is 0.259 e. The van der Waals surface area contributed by atoms with Gasteiger partial charge < -0.3 is 15.0 Å². The highest BCUT2D eigenvalue weighted by atomic mass is 16.5. The highest BCUT2D eigenvalue weighted by Gasteiger charge is 2.35. The van der Waals surface area contributed by atoms with Gasteiger partial charge in [-0.2, -0.15) is 0 Å². The van der Waals surface area contributed by atoms with Crippen LogP contribution in [0.15, 0.2) is 30.5 Å². The minimum Gasteiger partial charge on any atom is -0.497 e. The summed E-state index contributed by atoms with van der Waals surface area (Å²) in [5.74, 6) is 1.84. The second-order valence-electron chi connectivity index (χ2n) is 7.81. The molecule has 4 rings (SSSR count). The zero-order valence-electron chi connectivity index (χ0n) is 16.9. The van der Waals surface area contributed by atoms with Gasteiger partial charge in [0.15, 0.2) is 0 Å². The van der Waals surface area contributed by atoms with Gasteiger partial charge in [-0.25, -0.2) is 9.97 Å². The van der Waals surface area contributed by atoms with Gasteiger partial charge in [-0.05, 0) is 50.5 Å². The van der Waals surface area contributed by atoms with Gasteiger partial charge >= 0.3 is 0 Å². The normalized spacial score (nSPS) is 19.0. The quantitative estimate of drug-likeness (QED) is 0.842. The smallest absolute Gasteiger partial charge is 0.259 e. The summed E-state index contributed by atoms with van der Waals surface area (Å²) in [5, 5.41) is 2.86. The molecule has 2 amide bonds. The third-order valence-electron chi connectivity index (χ3n) is 5.91. The number of hydrogen-bond acceptors (Lipinski definition) is 5. The largest absolute Gasteiger partial charge is 0.497 e. The van der Waals surface area contributed by atoms with Crippen LogP contribution >= 0.6 is 0 Å². The molecular formula is C22H26N4O3. The zero-order valence-corrected chi connectivity index (χ0v) is 16.9. The number of nitrogens with one attached hydrogen (secondary N) is 1. The van der Waals surface area contributed by atoms with Crippen molar-refractivity contribution in [3.63, 3.8) is 0 Å². The highest BCUT2D eigenvalue weighted by Crippen LogP contribution is 2.32. The predicted octanol–water partition coefficient (Wildman–Crippen LogP) is 3.16. The van der Waals surface area contributed by atoms with Crippen LogP contribution in [0.1, 0.15) is 53.5 Å². The van der Waals surface area contributed by atoms with Crippen molar-refractivity contribution in [2.75, 3.05) is 25.5 Å². The number of carbonyl (C=O) groups is 2. The number of methoxy groups -OCH3 is 1. The van der Waals surface area contributed by atoms with E-state index in [1.165, 1.54) is 0 Å². The van der Waals surface area contributed by atoms with E-state index in [9.17, 15) is 9.59 Å². The Morgan fingerprint density at radius 2 is 1.93 bits per heavy atom. The second-order valence-corrected chi connectivity index (χ2v) is 7.81. The molecule has 0 unspecified atom stereocenters. The molecule has 152 valence electrons. The molecule has 1 atom stereocenters. The van der Waals surface area contributed by atoms with Gasteiger partial charge in [-0.3, -0.25) is 9.59 Å². The van der Waals surface area contributed by atoms with E-state index in [-0.39, 0.29) is 23.7 Å². The van der Waals surface area contributed by atoms with E-state index in [1.54, 1.807) is 37.6 Å². The molecule has 2 aromatic rings. The predicted molar refractivity (Wildman–Crippen MR) is 109 cm³/mol. The fraction of sp³-hybridized carbons (Fsp3) is 0.455. The fourth-order valence-corrected chi connectivity index (χ4v) is 3.86. The molecule has 0 radical (unpaired) electrons. The summed E-state index contributed by atoms with van der Waals surface area (Å²) < 4.78 is 5.13. The van der Waals surface area contributed by atoms with Gasteiger partial charge in [0.1, 0.15) is 11.6 Å². The number of likely N-dealkylation sites (tertiary alicyclic amines) is 1. The average Bonchev–Trinajstić information content (AvgIpc) is 3.17. The van der Waals surface area contributed by atoms with Crippen molar-refractivity contribution in [1.82, 2.24) is 14.9 Å². The summed E-state index contributed by atoms with van der Waals surface area (Å²) >= 11 is 0. The molecule has 2 heterocycles. The average molecular weight is 394 g/mol. The first-order chi connectivity index (χ1) is 14.0. The van der Waals surface area contributed by atoms with E-state index < -0.39 is 0 Å². The van der Waals surface area contributed by atoms with Crippen LogP contribution < -0.4 is 10.1 Å². The molecule has 0 bridgehead atoms. The number of hydrogen-bond donors (Lipinski definition) is 1. The summed E-state index contributed by atoms with van der Waals surface area (Å²) in [6.45, 7) is 3.26. The van der Waals surface area contributed by atoms with Crippen molar-refractivity contribution >= 4 is 17.5 Å². The summed E-state index contributed by atoms with van der Waals surface area (Å²) in [4.78, 5) is 36.1. The maximum absolute atomic E-state index is 12.6. The molecule has 1 saturated carbocycles. The van der Waals surface area contributed by atoms with Gasteiger partial charge in [0.25, 0.3) is 5.91 Å². The third kappa shape index (κ3) is 4.09. The van der Waals surface area contributed by atoms with Crippen LogP contribution in [0.5, 0.6) is 5.75 Å². The lowest BCUT2D eigenvalue weighted by Crippen LogP contribution is -2.37. The van der Waals surface area contributed by atoms with E-state index in [1.807, 2.05) is 11.8 Å². The Morgan fingerprint density at radius 3 is 2.55 bits per heavy atom. The highest BCUT2D eigenvalue weighted by molar-refractivity contribution is 6.04. The van der Waals surface area contributed by atoms with Crippen molar-refractivity contribution in [3.8, 4) is 5.75 Å². The van der Waals surface area contributed by atoms with Gasteiger partial charge in [0.2, 0.25) is 5.91 Å². The number of carbonyl (C=O) groups excluding carboxylic acids is 2. The number of aryl methyl sites for hydroxylation is 1. The fourth-order valence-electron chi connectivity index (χ4n) is 3.86. The minimum absolute atomic E-state index is 0.136. The van der Waals surface area contributed by atoms with Crippen molar-refractivity contribution in [2.45, 2.75) is 38.5 Å². The van der Waals surface area contributed by atoms with E-state index in [0.717, 1.165) is 38.0 Å². The Morgan fingerprint density at radius 1 is 1.17 bits per heavy atom. The van der Waals surface area contributed by atoms with Gasteiger partial charge in [-0.1, -0.05) is 6.42 Å². The summed E-state index contributed by atoms with van der Waals surface area (Å²) in [7, 11) is 1.60. The first-order valence-corrected chi connectivity index (χ1v) is 10.1. The van der Waals surface area contributed by atoms with Crippen molar-refractivity contribution < 1.29 is 14.3 Å². The van der Waals surface area contributed by atoms with Crippen molar-refractivity contribution in [2.24, 2.45) is 5.92 Å². The van der Waals surface area contributed by atoms with E-state index in [4.69, 9.17) is 4.74 Å². The van der Waals surface area contributed by atoms with Gasteiger partial charge in [-0.15, -0.1) is 0 Å². The molecule has 1 aliphatic heterocycles. The van der Waals surface area contributed by atoms with Crippen LogP contribution in [-0.4, -0.2) is 46.9 Å². The first kappa shape index (κ1) is 19.4. The number of ether oxygens (including phenoxy) is 1. The molecule has 1 aromatic carbocycles. The molecule has 1 aromatic heterocycles. The summed E-state index contributed by atoms with van der Waals surface area (Å²) in [5.41, 5.74) is 1.77. The van der Waals surface area contributed by atoms with Crippen molar-refractivity contribution in [3.05, 3.63) is 47.5 Å². The van der Waals surface area contributed by atoms with Crippen LogP contribution in [0.25, 0.3) is 0 Å². The van der Waals surface area contributed by atoms with Gasteiger partial charge in [0, 0.05) is 36.8 Å². The molecular weight excluding hydrogens is 368 g/mol. The number of aromatic nitrogens is 2. The summed E-state index contributed by atoms with van der Waals surface area (Å²) in [6, 6.07) is 7.15. The lowest BCUT2D eigenvalue weighted by molar-refractivity contribution is -0.137. The van der Waals surface area contributed by atoms with Crippen LogP contribution in [0, 0.1) is 12.8 Å². The van der Waals surface area contributed by atoms with E-state index in [2.05, 4.69) is 15.3 Å². The number of rotatable bonds is 5. The number of amides is 2. The van der Waals surface area contributed by atoms with Crippen LogP contribution in [0.4, 0.5) is 5.69 Å². The third-order valence-corrected chi connectivity index (χ3v) is 5.91. The number of nitrogens with zero attached hydrogens (tertiary/aromatic N) is 3. The molecule has 2 fully saturated rings. The lowest BCUT2D eigenvalue weighted by atomic mass is 9.84. The van der Waals surface area contributed by atoms with Crippen molar-refractivity contribution in [1.29, 1.82) is 0 Å². The molecule has 29 heavy (non-hydrogen) atoms. The number of benzene rings is 1. The van der Waals surface area contributed by atoms with E-state index in [0.29, 0.717) is 29.3 Å². The summed E-state index contributed by atoms with van der Waals surface area (Å²) in [6.07, 6.45) is 5.67. The monoisotopic (exact) mass is 394 g/mol. The standard InChI is InChI=1S/C22H26N4O3/c1-14-19(21(27)25-17-6-8-18(29-2)9-7-17)12-23-20(24-14)16-10-11-26(13-16)22(28)15-4-3-5-15/h6-9,12,15-16H,3-5,10-11,13H2,1-2H3,(H,25,27)/t16-/m0/s1. The van der Waals surface area contributed by atoms with Crippen LogP contribution in [0.2, 0.25) is 0 Å². The molecule has 0 spiro atoms. The SMILES string of the molecule is COc1ccc(NC(=O)c2cnc([C@H]3CCN(C(=O)C4CCC4)C3)nc2C)cc1. The number of anilines is 1. The van der Waals surface area contributed by atoms with Gasteiger partial charge in [0.05, 0.1) is 18.4 Å². The molecule has 1 aliphatic carbocycles. The molecule has 1 saturated heterocycles. The lowest BCUT2D eigenvalue weighted by Gasteiger charge is -2.29. The second kappa shape index (κ2) is 8.19. The Balaban J connectivity index is 1.40. The zero-order chi connectivity index (χ0) is 20.4. The Hall–Kier alpha value is -2.96. The van der Waals surface area contributed by atoms with Crippen LogP contribution in [-0.2, 0) is 4.79 Å². The van der Waals surface area contributed by atoms with E-state index >= 15 is 0 Å². The Bertz CT molecular complexity index is 909. The Labute approximate surface area is 170 Å². The molecule has 2 aliphatic rings. The maximum atomic E-state index is 12.6.